The van der Waals surface area contributed by atoms with E-state index in [1.165, 1.54) is 38.5 Å². The Kier molecular flexibility index (Phi) is 10.0. The molecule has 0 spiro atoms. The van der Waals surface area contributed by atoms with Gasteiger partial charge < -0.3 is 4.90 Å². The van der Waals surface area contributed by atoms with Crippen LogP contribution < -0.4 is 0 Å². The highest BCUT2D eigenvalue weighted by molar-refractivity contribution is 7.34. The van der Waals surface area contributed by atoms with Gasteiger partial charge in [-0.1, -0.05) is 74.3 Å². The fraction of sp³-hybridized carbons (Fsp3) is 0.944. The molecule has 0 aromatic heterocycles. The van der Waals surface area contributed by atoms with Gasteiger partial charge in [0.05, 0.1) is 0 Å². The fourth-order valence-electron chi connectivity index (χ4n) is 3.45. The first-order valence-electron chi connectivity index (χ1n) is 9.60. The normalized spacial score (nSPS) is 19.2. The summed E-state index contributed by atoms with van der Waals surface area (Å²) in [7, 11) is -2.08. The molecule has 1 rings (SSSR count). The topological polar surface area (TPSA) is 55.8 Å². The highest BCUT2D eigenvalue weighted by atomic mass is 31.1. The zero-order chi connectivity index (χ0) is 18.0. The van der Waals surface area contributed by atoms with Crippen molar-refractivity contribution in [2.75, 3.05) is 6.54 Å². The Morgan fingerprint density at radius 2 is 1.46 bits per heavy atom. The zero-order valence-corrected chi connectivity index (χ0v) is 16.8. The molecule has 0 aliphatic carbocycles. The van der Waals surface area contributed by atoms with E-state index in [0.717, 1.165) is 25.7 Å². The first kappa shape index (κ1) is 21.5. The summed E-state index contributed by atoms with van der Waals surface area (Å²) in [5, 5.41) is 0. The van der Waals surface area contributed by atoms with Crippen LogP contribution in [0.4, 0.5) is 0 Å². The largest absolute Gasteiger partial charge is 0.704 e. The number of unbranched alkanes of at least 4 members (excludes halogenated alkanes) is 6. The standard InChI is InChI=1S/C18H35NO4P/c1-5-8-10-12-14-18(4,15-13-11-9-6-2)19(7-3)16(20)17-22-24(21)23-17/h17H,5-15H2,1-4H3/q+1. The Morgan fingerprint density at radius 1 is 0.958 bits per heavy atom. The maximum Gasteiger partial charge on any atom is 0.704 e. The number of carbonyl (C=O) groups excluding carboxylic acids is 1. The molecule has 0 radical (unpaired) electrons. The predicted octanol–water partition coefficient (Wildman–Crippen LogP) is 5.56. The quantitative estimate of drug-likeness (QED) is 0.318. The molecule has 1 amide bonds. The molecule has 0 aromatic rings. The van der Waals surface area contributed by atoms with Crippen LogP contribution in [-0.4, -0.2) is 29.2 Å². The van der Waals surface area contributed by atoms with Crippen LogP contribution in [0.5, 0.6) is 0 Å². The third-order valence-electron chi connectivity index (χ3n) is 4.94. The van der Waals surface area contributed by atoms with Crippen LogP contribution in [0.3, 0.4) is 0 Å². The Balaban J connectivity index is 2.70. The highest BCUT2D eigenvalue weighted by Crippen LogP contribution is 2.42. The molecule has 0 aromatic carbocycles. The van der Waals surface area contributed by atoms with Gasteiger partial charge in [0, 0.05) is 16.6 Å². The summed E-state index contributed by atoms with van der Waals surface area (Å²) >= 11 is 0. The Bertz CT molecular complexity index is 382. The third-order valence-corrected chi connectivity index (χ3v) is 5.66. The Morgan fingerprint density at radius 3 is 1.83 bits per heavy atom. The van der Waals surface area contributed by atoms with E-state index in [-0.39, 0.29) is 11.4 Å². The zero-order valence-electron chi connectivity index (χ0n) is 15.9. The van der Waals surface area contributed by atoms with Crippen molar-refractivity contribution in [3.8, 4) is 0 Å². The number of nitrogens with zero attached hydrogens (tertiary/aromatic N) is 1. The van der Waals surface area contributed by atoms with Gasteiger partial charge in [0.15, 0.2) is 0 Å². The maximum absolute atomic E-state index is 12.7. The second-order valence-corrected chi connectivity index (χ2v) is 7.84. The molecule has 1 aliphatic rings. The fourth-order valence-corrected chi connectivity index (χ4v) is 3.95. The van der Waals surface area contributed by atoms with Gasteiger partial charge in [0.2, 0.25) is 0 Å². The van der Waals surface area contributed by atoms with E-state index in [0.29, 0.717) is 6.54 Å². The van der Waals surface area contributed by atoms with E-state index in [1.807, 2.05) is 11.8 Å². The molecule has 0 bridgehead atoms. The van der Waals surface area contributed by atoms with Gasteiger partial charge in [-0.3, -0.25) is 4.79 Å². The van der Waals surface area contributed by atoms with Gasteiger partial charge in [-0.15, -0.1) is 0 Å². The first-order valence-corrected chi connectivity index (χ1v) is 10.7. The van der Waals surface area contributed by atoms with Crippen molar-refractivity contribution < 1.29 is 18.4 Å². The Labute approximate surface area is 148 Å². The van der Waals surface area contributed by atoms with E-state index < -0.39 is 14.5 Å². The van der Waals surface area contributed by atoms with Crippen molar-refractivity contribution in [3.05, 3.63) is 0 Å². The average molecular weight is 360 g/mol. The number of carbonyl (C=O) groups is 1. The summed E-state index contributed by atoms with van der Waals surface area (Å²) < 4.78 is 20.9. The van der Waals surface area contributed by atoms with Gasteiger partial charge in [-0.25, -0.2) is 0 Å². The third kappa shape index (κ3) is 6.42. The lowest BCUT2D eigenvalue weighted by Crippen LogP contribution is -2.54. The summed E-state index contributed by atoms with van der Waals surface area (Å²) in [6.07, 6.45) is 10.6. The van der Waals surface area contributed by atoms with E-state index in [2.05, 4.69) is 20.8 Å². The molecule has 1 heterocycles. The minimum atomic E-state index is -2.08. The molecule has 140 valence electrons. The summed E-state index contributed by atoms with van der Waals surface area (Å²) in [4.78, 5) is 14.6. The molecule has 1 aliphatic heterocycles. The van der Waals surface area contributed by atoms with Crippen molar-refractivity contribution in [2.45, 2.75) is 104 Å². The second kappa shape index (κ2) is 11.2. The van der Waals surface area contributed by atoms with Crippen molar-refractivity contribution >= 4 is 14.2 Å². The number of rotatable bonds is 13. The van der Waals surface area contributed by atoms with E-state index in [9.17, 15) is 9.36 Å². The molecule has 0 saturated carbocycles. The van der Waals surface area contributed by atoms with Gasteiger partial charge in [-0.05, 0) is 26.7 Å². The van der Waals surface area contributed by atoms with Crippen LogP contribution in [-0.2, 0) is 18.4 Å². The lowest BCUT2D eigenvalue weighted by Gasteiger charge is -2.42. The monoisotopic (exact) mass is 360 g/mol. The Hall–Kier alpha value is -0.510. The van der Waals surface area contributed by atoms with Crippen LogP contribution in [0, 0.1) is 0 Å². The molecule has 24 heavy (non-hydrogen) atoms. The number of hydrogen-bond acceptors (Lipinski definition) is 4. The van der Waals surface area contributed by atoms with Crippen LogP contribution >= 0.6 is 8.25 Å². The van der Waals surface area contributed by atoms with E-state index >= 15 is 0 Å². The smallest absolute Gasteiger partial charge is 0.333 e. The summed E-state index contributed by atoms with van der Waals surface area (Å²) in [5.41, 5.74) is -0.179. The lowest BCUT2D eigenvalue weighted by atomic mass is 9.86. The molecule has 5 nitrogen and oxygen atoms in total. The molecule has 0 unspecified atom stereocenters. The molecule has 0 atom stereocenters. The van der Waals surface area contributed by atoms with Crippen LogP contribution in [0.1, 0.15) is 91.9 Å². The molecule has 0 N–H and O–H groups in total. The molecule has 6 heteroatoms. The predicted molar refractivity (Wildman–Crippen MR) is 96.9 cm³/mol. The first-order chi connectivity index (χ1) is 11.5. The van der Waals surface area contributed by atoms with Crippen LogP contribution in [0.2, 0.25) is 0 Å². The van der Waals surface area contributed by atoms with E-state index in [1.54, 1.807) is 0 Å². The minimum Gasteiger partial charge on any atom is -0.333 e. The van der Waals surface area contributed by atoms with Gasteiger partial charge in [0.25, 0.3) is 5.91 Å². The molecule has 1 saturated heterocycles. The van der Waals surface area contributed by atoms with E-state index in [4.69, 9.17) is 9.05 Å². The number of amides is 1. The lowest BCUT2D eigenvalue weighted by molar-refractivity contribution is -0.171. The van der Waals surface area contributed by atoms with Gasteiger partial charge in [-0.2, -0.15) is 0 Å². The summed E-state index contributed by atoms with van der Waals surface area (Å²) in [6, 6.07) is 0. The molecular weight excluding hydrogens is 325 g/mol. The number of likely N-dealkylation sites (N-methyl/N-ethyl adjacent to an activating group) is 1. The highest BCUT2D eigenvalue weighted by Gasteiger charge is 2.53. The van der Waals surface area contributed by atoms with Crippen LogP contribution in [0.15, 0.2) is 0 Å². The van der Waals surface area contributed by atoms with Gasteiger partial charge in [0.1, 0.15) is 0 Å². The molecule has 1 fully saturated rings. The average Bonchev–Trinajstić information content (AvgIpc) is 2.53. The summed E-state index contributed by atoms with van der Waals surface area (Å²) in [5.74, 6) is -0.180. The SMILES string of the molecule is CCCCCCC(C)(CCCCCC)N(CC)C(=O)C1O[P+](=O)O1. The van der Waals surface area contributed by atoms with Crippen molar-refractivity contribution in [2.24, 2.45) is 0 Å². The maximum atomic E-state index is 12.7. The minimum absolute atomic E-state index is 0.179. The van der Waals surface area contributed by atoms with Crippen molar-refractivity contribution in [3.63, 3.8) is 0 Å². The summed E-state index contributed by atoms with van der Waals surface area (Å²) in [6.45, 7) is 9.21. The van der Waals surface area contributed by atoms with Gasteiger partial charge >= 0.3 is 14.5 Å². The van der Waals surface area contributed by atoms with Crippen LogP contribution in [0.25, 0.3) is 0 Å². The van der Waals surface area contributed by atoms with Crippen molar-refractivity contribution in [1.29, 1.82) is 0 Å². The number of hydrogen-bond donors (Lipinski definition) is 0. The second-order valence-electron chi connectivity index (χ2n) is 6.97. The molecular formula is C18H35NO4P+. The van der Waals surface area contributed by atoms with Crippen molar-refractivity contribution in [1.82, 2.24) is 4.90 Å².